The minimum atomic E-state index is -4.51. The number of carbonyl (C=O) groups excluding carboxylic acids is 2. The molecule has 0 aromatic heterocycles. The van der Waals surface area contributed by atoms with Crippen LogP contribution in [0.1, 0.15) is 35.1 Å². The van der Waals surface area contributed by atoms with Crippen molar-refractivity contribution < 1.29 is 22.8 Å². The Kier molecular flexibility index (Phi) is 5.29. The van der Waals surface area contributed by atoms with Gasteiger partial charge in [0.25, 0.3) is 0 Å². The fraction of sp³-hybridized carbons (Fsp3) is 0.292. The van der Waals surface area contributed by atoms with E-state index in [0.29, 0.717) is 31.5 Å². The number of halogens is 3. The lowest BCUT2D eigenvalue weighted by Crippen LogP contribution is -2.49. The van der Waals surface area contributed by atoms with Crippen LogP contribution in [0, 0.1) is 11.3 Å². The zero-order valence-electron chi connectivity index (χ0n) is 17.3. The Bertz CT molecular complexity index is 1160. The molecule has 2 heterocycles. The number of nitrogens with zero attached hydrogens (tertiary/aromatic N) is 3. The SMILES string of the molecule is CN1C(=O)C2(CCN(C(=O)/C=C/c3ccccc3C(F)(F)F)CC2)c2cc(C#N)ccc21. The van der Waals surface area contributed by atoms with Crippen LogP contribution >= 0.6 is 0 Å². The quantitative estimate of drug-likeness (QED) is 0.661. The number of alkyl halides is 3. The molecule has 0 unspecified atom stereocenters. The number of likely N-dealkylation sites (tertiary alicyclic amines) is 1. The summed E-state index contributed by atoms with van der Waals surface area (Å²) in [5.41, 5.74) is 0.359. The van der Waals surface area contributed by atoms with Gasteiger partial charge in [0.15, 0.2) is 0 Å². The highest BCUT2D eigenvalue weighted by atomic mass is 19.4. The zero-order chi connectivity index (χ0) is 23.1. The molecule has 0 saturated carbocycles. The molecule has 1 saturated heterocycles. The van der Waals surface area contributed by atoms with Gasteiger partial charge in [0.2, 0.25) is 11.8 Å². The number of hydrogen-bond donors (Lipinski definition) is 0. The van der Waals surface area contributed by atoms with Gasteiger partial charge in [0.05, 0.1) is 22.6 Å². The van der Waals surface area contributed by atoms with E-state index in [1.54, 1.807) is 30.1 Å². The average molecular weight is 439 g/mol. The van der Waals surface area contributed by atoms with Crippen LogP contribution in [-0.2, 0) is 21.2 Å². The Morgan fingerprint density at radius 2 is 1.84 bits per heavy atom. The summed E-state index contributed by atoms with van der Waals surface area (Å²) in [6, 6.07) is 12.3. The maximum Gasteiger partial charge on any atom is 0.416 e. The van der Waals surface area contributed by atoms with Gasteiger partial charge in [-0.2, -0.15) is 18.4 Å². The van der Waals surface area contributed by atoms with Crippen LogP contribution in [0.5, 0.6) is 0 Å². The zero-order valence-corrected chi connectivity index (χ0v) is 17.3. The van der Waals surface area contributed by atoms with Crippen LogP contribution < -0.4 is 4.90 Å². The Labute approximate surface area is 183 Å². The molecule has 4 rings (SSSR count). The Balaban J connectivity index is 1.52. The van der Waals surface area contributed by atoms with Crippen molar-refractivity contribution in [2.75, 3.05) is 25.0 Å². The third kappa shape index (κ3) is 3.54. The number of piperidine rings is 1. The van der Waals surface area contributed by atoms with Gasteiger partial charge in [-0.25, -0.2) is 0 Å². The molecule has 5 nitrogen and oxygen atoms in total. The standard InChI is InChI=1S/C24H20F3N3O2/c1-29-20-8-6-16(15-28)14-19(20)23(22(29)32)10-12-30(13-11-23)21(31)9-7-17-4-2-3-5-18(17)24(25,26)27/h2-9,14H,10-13H2,1H3/b9-7+. The molecular formula is C24H20F3N3O2. The van der Waals surface area contributed by atoms with Crippen LogP contribution in [0.25, 0.3) is 6.08 Å². The van der Waals surface area contributed by atoms with Crippen LogP contribution in [0.3, 0.4) is 0 Å². The molecule has 8 heteroatoms. The van der Waals surface area contributed by atoms with Gasteiger partial charge in [-0.3, -0.25) is 9.59 Å². The first kappa shape index (κ1) is 21.6. The summed E-state index contributed by atoms with van der Waals surface area (Å²) in [5.74, 6) is -0.467. The first-order valence-corrected chi connectivity index (χ1v) is 10.1. The third-order valence-corrected chi connectivity index (χ3v) is 6.32. The van der Waals surface area contributed by atoms with Crippen molar-refractivity contribution in [3.63, 3.8) is 0 Å². The van der Waals surface area contributed by atoms with Crippen LogP contribution in [0.2, 0.25) is 0 Å². The average Bonchev–Trinajstić information content (AvgIpc) is 2.99. The molecule has 32 heavy (non-hydrogen) atoms. The highest BCUT2D eigenvalue weighted by Gasteiger charge is 2.51. The van der Waals surface area contributed by atoms with Crippen molar-refractivity contribution in [1.29, 1.82) is 5.26 Å². The van der Waals surface area contributed by atoms with E-state index in [4.69, 9.17) is 0 Å². The van der Waals surface area contributed by atoms with Crippen molar-refractivity contribution in [3.8, 4) is 6.07 Å². The topological polar surface area (TPSA) is 64.4 Å². The molecule has 0 atom stereocenters. The van der Waals surface area contributed by atoms with Gasteiger partial charge in [0, 0.05) is 31.9 Å². The molecule has 2 amide bonds. The van der Waals surface area contributed by atoms with E-state index in [1.165, 1.54) is 29.2 Å². The van der Waals surface area contributed by atoms with E-state index in [2.05, 4.69) is 6.07 Å². The summed E-state index contributed by atoms with van der Waals surface area (Å²) in [5, 5.41) is 9.25. The van der Waals surface area contributed by atoms with E-state index >= 15 is 0 Å². The summed E-state index contributed by atoms with van der Waals surface area (Å²) >= 11 is 0. The van der Waals surface area contributed by atoms with Gasteiger partial charge in [-0.05, 0) is 54.3 Å². The van der Waals surface area contributed by atoms with Crippen molar-refractivity contribution in [2.24, 2.45) is 0 Å². The normalized spacial score (nSPS) is 17.7. The highest BCUT2D eigenvalue weighted by molar-refractivity contribution is 6.08. The van der Waals surface area contributed by atoms with Gasteiger partial charge in [0.1, 0.15) is 0 Å². The molecule has 2 aromatic rings. The second-order valence-corrected chi connectivity index (χ2v) is 8.03. The van der Waals surface area contributed by atoms with E-state index < -0.39 is 23.1 Å². The lowest BCUT2D eigenvalue weighted by molar-refractivity contribution is -0.137. The van der Waals surface area contributed by atoms with Crippen molar-refractivity contribution in [2.45, 2.75) is 24.4 Å². The van der Waals surface area contributed by atoms with Gasteiger partial charge in [-0.15, -0.1) is 0 Å². The Morgan fingerprint density at radius 3 is 2.50 bits per heavy atom. The summed E-state index contributed by atoms with van der Waals surface area (Å²) in [6.07, 6.45) is -1.41. The second-order valence-electron chi connectivity index (χ2n) is 8.03. The predicted molar refractivity (Wildman–Crippen MR) is 113 cm³/mol. The Morgan fingerprint density at radius 1 is 1.16 bits per heavy atom. The van der Waals surface area contributed by atoms with Crippen LogP contribution in [-0.4, -0.2) is 36.9 Å². The molecular weight excluding hydrogens is 419 g/mol. The first-order chi connectivity index (χ1) is 15.2. The molecule has 0 N–H and O–H groups in total. The maximum absolute atomic E-state index is 13.2. The number of rotatable bonds is 2. The Hall–Kier alpha value is -3.60. The molecule has 2 aromatic carbocycles. The summed E-state index contributed by atoms with van der Waals surface area (Å²) < 4.78 is 39.5. The molecule has 2 aliphatic heterocycles. The lowest BCUT2D eigenvalue weighted by atomic mass is 9.73. The number of fused-ring (bicyclic) bond motifs is 2. The minimum Gasteiger partial charge on any atom is -0.339 e. The van der Waals surface area contributed by atoms with Crippen molar-refractivity contribution in [1.82, 2.24) is 4.90 Å². The van der Waals surface area contributed by atoms with Gasteiger partial charge >= 0.3 is 6.18 Å². The van der Waals surface area contributed by atoms with E-state index in [9.17, 15) is 28.0 Å². The number of nitriles is 1. The van der Waals surface area contributed by atoms with E-state index in [-0.39, 0.29) is 11.5 Å². The summed E-state index contributed by atoms with van der Waals surface area (Å²) in [4.78, 5) is 28.8. The lowest BCUT2D eigenvalue weighted by Gasteiger charge is -2.38. The van der Waals surface area contributed by atoms with Crippen molar-refractivity contribution in [3.05, 3.63) is 70.8 Å². The number of amides is 2. The fourth-order valence-electron chi connectivity index (χ4n) is 4.59. The summed E-state index contributed by atoms with van der Waals surface area (Å²) in [6.45, 7) is 0.583. The smallest absolute Gasteiger partial charge is 0.339 e. The number of carbonyl (C=O) groups is 2. The third-order valence-electron chi connectivity index (χ3n) is 6.32. The molecule has 1 spiro atoms. The molecule has 0 radical (unpaired) electrons. The van der Waals surface area contributed by atoms with E-state index in [0.717, 1.165) is 23.4 Å². The first-order valence-electron chi connectivity index (χ1n) is 10.1. The maximum atomic E-state index is 13.2. The van der Waals surface area contributed by atoms with E-state index in [1.807, 2.05) is 0 Å². The number of benzene rings is 2. The number of likely N-dealkylation sites (N-methyl/N-ethyl adjacent to an activating group) is 1. The minimum absolute atomic E-state index is 0.0654. The number of hydrogen-bond acceptors (Lipinski definition) is 3. The summed E-state index contributed by atoms with van der Waals surface area (Å²) in [7, 11) is 1.69. The van der Waals surface area contributed by atoms with Gasteiger partial charge < -0.3 is 9.80 Å². The predicted octanol–water partition coefficient (Wildman–Crippen LogP) is 4.13. The van der Waals surface area contributed by atoms with Gasteiger partial charge in [-0.1, -0.05) is 18.2 Å². The van der Waals surface area contributed by atoms with Crippen LogP contribution in [0.4, 0.5) is 18.9 Å². The highest BCUT2D eigenvalue weighted by Crippen LogP contribution is 2.47. The fourth-order valence-corrected chi connectivity index (χ4v) is 4.59. The second kappa shape index (κ2) is 7.83. The molecule has 0 aliphatic carbocycles. The molecule has 2 aliphatic rings. The monoisotopic (exact) mass is 439 g/mol. The van der Waals surface area contributed by atoms with Crippen molar-refractivity contribution >= 4 is 23.6 Å². The largest absolute Gasteiger partial charge is 0.416 e. The van der Waals surface area contributed by atoms with Crippen LogP contribution in [0.15, 0.2) is 48.5 Å². The molecule has 1 fully saturated rings. The molecule has 164 valence electrons. The number of anilines is 1. The molecule has 0 bridgehead atoms.